The number of nitrogens with one attached hydrogen (secondary N) is 1. The van der Waals surface area contributed by atoms with Gasteiger partial charge in [0.05, 0.1) is 11.1 Å². The number of rotatable bonds is 4. The first-order chi connectivity index (χ1) is 15.9. The minimum atomic E-state index is -0.946. The highest BCUT2D eigenvalue weighted by Gasteiger charge is 2.45. The maximum Gasteiger partial charge on any atom is 0.262 e. The van der Waals surface area contributed by atoms with Gasteiger partial charge in [0.2, 0.25) is 11.8 Å². The molecule has 2 saturated heterocycles. The van der Waals surface area contributed by atoms with E-state index in [0.717, 1.165) is 42.1 Å². The van der Waals surface area contributed by atoms with Crippen molar-refractivity contribution in [1.82, 2.24) is 15.1 Å². The second kappa shape index (κ2) is 8.44. The third-order valence-electron chi connectivity index (χ3n) is 6.94. The maximum atomic E-state index is 13.3. The second-order valence-electron chi connectivity index (χ2n) is 9.00. The maximum absolute atomic E-state index is 13.3. The SMILES string of the molecule is Nc1ccc(C2CCN(Cc3cccc4c3C(=O)N(C3CCC(=O)NC3=O)C4=O)CC2)cc1. The fraction of sp³-hybridized carbons (Fsp3) is 0.360. The van der Waals surface area contributed by atoms with Crippen molar-refractivity contribution in [2.24, 2.45) is 0 Å². The van der Waals surface area contributed by atoms with Crippen molar-refractivity contribution in [1.29, 1.82) is 0 Å². The number of anilines is 1. The van der Waals surface area contributed by atoms with Gasteiger partial charge >= 0.3 is 0 Å². The molecule has 33 heavy (non-hydrogen) atoms. The third-order valence-corrected chi connectivity index (χ3v) is 6.94. The van der Waals surface area contributed by atoms with E-state index in [9.17, 15) is 19.2 Å². The Kier molecular flexibility index (Phi) is 5.46. The Morgan fingerprint density at radius 2 is 1.64 bits per heavy atom. The average Bonchev–Trinajstić information content (AvgIpc) is 3.06. The number of nitrogens with two attached hydrogens (primary N) is 1. The van der Waals surface area contributed by atoms with Gasteiger partial charge in [-0.2, -0.15) is 0 Å². The highest BCUT2D eigenvalue weighted by Crippen LogP contribution is 2.33. The highest BCUT2D eigenvalue weighted by molar-refractivity contribution is 6.24. The number of benzene rings is 2. The van der Waals surface area contributed by atoms with Gasteiger partial charge in [0.25, 0.3) is 11.8 Å². The van der Waals surface area contributed by atoms with Crippen LogP contribution in [-0.2, 0) is 16.1 Å². The topological polar surface area (TPSA) is 113 Å². The molecular weight excluding hydrogens is 420 g/mol. The molecule has 3 aliphatic heterocycles. The number of fused-ring (bicyclic) bond motifs is 1. The predicted molar refractivity (Wildman–Crippen MR) is 121 cm³/mol. The van der Waals surface area contributed by atoms with Gasteiger partial charge in [-0.25, -0.2) is 0 Å². The van der Waals surface area contributed by atoms with E-state index in [1.165, 1.54) is 5.56 Å². The quantitative estimate of drug-likeness (QED) is 0.549. The lowest BCUT2D eigenvalue weighted by Gasteiger charge is -2.32. The Morgan fingerprint density at radius 3 is 2.33 bits per heavy atom. The van der Waals surface area contributed by atoms with Crippen LogP contribution in [0.3, 0.4) is 0 Å². The summed E-state index contributed by atoms with van der Waals surface area (Å²) in [5.74, 6) is -1.40. The van der Waals surface area contributed by atoms with Crippen LogP contribution >= 0.6 is 0 Å². The number of nitrogen functional groups attached to an aromatic ring is 1. The number of piperidine rings is 2. The number of carbonyl (C=O) groups is 4. The van der Waals surface area contributed by atoms with Crippen molar-refractivity contribution in [3.63, 3.8) is 0 Å². The summed E-state index contributed by atoms with van der Waals surface area (Å²) < 4.78 is 0. The number of likely N-dealkylation sites (tertiary alicyclic amines) is 1. The van der Waals surface area contributed by atoms with E-state index in [1.807, 2.05) is 18.2 Å². The molecule has 4 amide bonds. The van der Waals surface area contributed by atoms with E-state index in [-0.39, 0.29) is 18.7 Å². The van der Waals surface area contributed by atoms with Gasteiger partial charge in [-0.3, -0.25) is 34.3 Å². The second-order valence-corrected chi connectivity index (χ2v) is 9.00. The van der Waals surface area contributed by atoms with E-state index in [4.69, 9.17) is 5.73 Å². The molecule has 2 aromatic carbocycles. The van der Waals surface area contributed by atoms with Crippen LogP contribution in [0.4, 0.5) is 5.69 Å². The number of hydrogen-bond donors (Lipinski definition) is 2. The number of amides is 4. The van der Waals surface area contributed by atoms with E-state index in [0.29, 0.717) is 23.6 Å². The normalized spacial score (nSPS) is 21.9. The monoisotopic (exact) mass is 446 g/mol. The molecule has 0 aromatic heterocycles. The fourth-order valence-corrected chi connectivity index (χ4v) is 5.15. The summed E-state index contributed by atoms with van der Waals surface area (Å²) in [5, 5.41) is 2.24. The smallest absolute Gasteiger partial charge is 0.262 e. The van der Waals surface area contributed by atoms with Crippen molar-refractivity contribution in [3.05, 3.63) is 64.7 Å². The van der Waals surface area contributed by atoms with Gasteiger partial charge in [0.15, 0.2) is 0 Å². The molecule has 0 spiro atoms. The van der Waals surface area contributed by atoms with Crippen molar-refractivity contribution in [3.8, 4) is 0 Å². The number of carbonyl (C=O) groups excluding carboxylic acids is 4. The molecule has 3 heterocycles. The standard InChI is InChI=1S/C25H26N4O4/c26-18-6-4-15(5-7-18)16-10-12-28(13-11-16)14-17-2-1-3-19-22(17)25(33)29(24(19)32)20-8-9-21(30)27-23(20)31/h1-7,16,20H,8-14,26H2,(H,27,30,31). The van der Waals surface area contributed by atoms with Gasteiger partial charge in [-0.1, -0.05) is 24.3 Å². The van der Waals surface area contributed by atoms with Crippen molar-refractivity contribution in [2.75, 3.05) is 18.8 Å². The van der Waals surface area contributed by atoms with Gasteiger partial charge in [0.1, 0.15) is 6.04 Å². The first-order valence-corrected chi connectivity index (χ1v) is 11.3. The molecule has 2 fully saturated rings. The molecule has 170 valence electrons. The summed E-state index contributed by atoms with van der Waals surface area (Å²) in [7, 11) is 0. The summed E-state index contributed by atoms with van der Waals surface area (Å²) in [6.45, 7) is 2.34. The van der Waals surface area contributed by atoms with Gasteiger partial charge in [-0.05, 0) is 67.6 Å². The van der Waals surface area contributed by atoms with Crippen molar-refractivity contribution >= 4 is 29.3 Å². The summed E-state index contributed by atoms with van der Waals surface area (Å²) >= 11 is 0. The lowest BCUT2D eigenvalue weighted by molar-refractivity contribution is -0.136. The molecule has 0 bridgehead atoms. The first kappa shape index (κ1) is 21.3. The number of imide groups is 2. The highest BCUT2D eigenvalue weighted by atomic mass is 16.2. The Morgan fingerprint density at radius 1 is 0.909 bits per heavy atom. The molecule has 0 radical (unpaired) electrons. The van der Waals surface area contributed by atoms with Gasteiger partial charge < -0.3 is 5.73 Å². The molecule has 0 aliphatic carbocycles. The number of nitrogens with zero attached hydrogens (tertiary/aromatic N) is 2. The van der Waals surface area contributed by atoms with E-state index in [2.05, 4.69) is 22.3 Å². The summed E-state index contributed by atoms with van der Waals surface area (Å²) in [6, 6.07) is 12.4. The summed E-state index contributed by atoms with van der Waals surface area (Å²) in [5.41, 5.74) is 9.37. The molecule has 2 aromatic rings. The Hall–Kier alpha value is -3.52. The van der Waals surface area contributed by atoms with Crippen molar-refractivity contribution in [2.45, 2.75) is 44.2 Å². The predicted octanol–water partition coefficient (Wildman–Crippen LogP) is 2.05. The van der Waals surface area contributed by atoms with Crippen LogP contribution in [0.25, 0.3) is 0 Å². The van der Waals surface area contributed by atoms with Crippen LogP contribution in [0.5, 0.6) is 0 Å². The molecule has 3 N–H and O–H groups in total. The zero-order chi connectivity index (χ0) is 23.1. The summed E-state index contributed by atoms with van der Waals surface area (Å²) in [6.07, 6.45) is 2.28. The minimum Gasteiger partial charge on any atom is -0.399 e. The largest absolute Gasteiger partial charge is 0.399 e. The van der Waals surface area contributed by atoms with Crippen LogP contribution in [-0.4, -0.2) is 52.6 Å². The van der Waals surface area contributed by atoms with Crippen LogP contribution in [0.15, 0.2) is 42.5 Å². The Labute approximate surface area is 191 Å². The molecule has 1 unspecified atom stereocenters. The van der Waals surface area contributed by atoms with Crippen LogP contribution in [0, 0.1) is 0 Å². The Bertz CT molecular complexity index is 1140. The first-order valence-electron chi connectivity index (χ1n) is 11.3. The molecule has 3 aliphatic rings. The lowest BCUT2D eigenvalue weighted by atomic mass is 9.89. The minimum absolute atomic E-state index is 0.111. The fourth-order valence-electron chi connectivity index (χ4n) is 5.15. The molecule has 5 rings (SSSR count). The van der Waals surface area contributed by atoms with Crippen LogP contribution in [0.2, 0.25) is 0 Å². The number of hydrogen-bond acceptors (Lipinski definition) is 6. The van der Waals surface area contributed by atoms with E-state index < -0.39 is 23.8 Å². The van der Waals surface area contributed by atoms with Gasteiger partial charge in [-0.15, -0.1) is 0 Å². The van der Waals surface area contributed by atoms with Crippen molar-refractivity contribution < 1.29 is 19.2 Å². The average molecular weight is 447 g/mol. The Balaban J connectivity index is 1.30. The van der Waals surface area contributed by atoms with E-state index >= 15 is 0 Å². The zero-order valence-corrected chi connectivity index (χ0v) is 18.3. The third kappa shape index (κ3) is 3.91. The molecular formula is C25H26N4O4. The molecule has 1 atom stereocenters. The molecule has 0 saturated carbocycles. The molecule has 8 heteroatoms. The lowest BCUT2D eigenvalue weighted by Crippen LogP contribution is -2.54. The van der Waals surface area contributed by atoms with Crippen LogP contribution in [0.1, 0.15) is 63.4 Å². The summed E-state index contributed by atoms with van der Waals surface area (Å²) in [4.78, 5) is 53.4. The zero-order valence-electron chi connectivity index (χ0n) is 18.3. The van der Waals surface area contributed by atoms with Crippen LogP contribution < -0.4 is 11.1 Å². The van der Waals surface area contributed by atoms with Gasteiger partial charge in [0, 0.05) is 18.7 Å². The van der Waals surface area contributed by atoms with E-state index in [1.54, 1.807) is 12.1 Å². The molecule has 8 nitrogen and oxygen atoms in total.